The summed E-state index contributed by atoms with van der Waals surface area (Å²) in [7, 11) is 4.00. The second kappa shape index (κ2) is 4.76. The summed E-state index contributed by atoms with van der Waals surface area (Å²) in [5.41, 5.74) is 2.08. The lowest BCUT2D eigenvalue weighted by molar-refractivity contribution is 0.477. The molecule has 1 aromatic rings. The molecule has 1 aromatic heterocycles. The van der Waals surface area contributed by atoms with Crippen LogP contribution in [-0.2, 0) is 13.5 Å². The predicted molar refractivity (Wildman–Crippen MR) is 66.8 cm³/mol. The van der Waals surface area contributed by atoms with E-state index in [1.54, 1.807) is 0 Å². The smallest absolute Gasteiger partial charge is 0.0847 e. The van der Waals surface area contributed by atoms with E-state index in [9.17, 15) is 0 Å². The van der Waals surface area contributed by atoms with E-state index < -0.39 is 0 Å². The highest BCUT2D eigenvalue weighted by Crippen LogP contribution is 2.34. The van der Waals surface area contributed by atoms with Gasteiger partial charge in [0.25, 0.3) is 0 Å². The molecule has 4 heteroatoms. The summed E-state index contributed by atoms with van der Waals surface area (Å²) in [4.78, 5) is 0. The van der Waals surface area contributed by atoms with Gasteiger partial charge < -0.3 is 5.32 Å². The van der Waals surface area contributed by atoms with Gasteiger partial charge in [0.2, 0.25) is 0 Å². The van der Waals surface area contributed by atoms with Crippen LogP contribution in [0, 0.1) is 12.8 Å². The number of hydrogen-bond donors (Lipinski definition) is 1. The second-order valence-corrected chi connectivity index (χ2v) is 5.22. The van der Waals surface area contributed by atoms with Crippen LogP contribution in [0.4, 0.5) is 0 Å². The Morgan fingerprint density at radius 2 is 2.25 bits per heavy atom. The van der Waals surface area contributed by atoms with E-state index in [2.05, 4.69) is 10.4 Å². The summed E-state index contributed by atoms with van der Waals surface area (Å²) in [6.45, 7) is 1.96. The van der Waals surface area contributed by atoms with Gasteiger partial charge in [-0.05, 0) is 26.3 Å². The van der Waals surface area contributed by atoms with E-state index in [1.165, 1.54) is 19.3 Å². The maximum Gasteiger partial charge on any atom is 0.0847 e. The fourth-order valence-corrected chi connectivity index (χ4v) is 2.43. The van der Waals surface area contributed by atoms with Crippen molar-refractivity contribution >= 4 is 11.6 Å². The van der Waals surface area contributed by atoms with E-state index in [0.29, 0.717) is 6.04 Å². The highest BCUT2D eigenvalue weighted by Gasteiger charge is 2.26. The minimum Gasteiger partial charge on any atom is -0.317 e. The van der Waals surface area contributed by atoms with Crippen LogP contribution in [0.2, 0.25) is 5.02 Å². The number of nitrogens with zero attached hydrogens (tertiary/aromatic N) is 2. The highest BCUT2D eigenvalue weighted by atomic mass is 35.5. The molecule has 1 aliphatic rings. The largest absolute Gasteiger partial charge is 0.317 e. The second-order valence-electron chi connectivity index (χ2n) is 4.84. The fourth-order valence-electron chi connectivity index (χ4n) is 2.19. The third kappa shape index (κ3) is 2.58. The molecule has 16 heavy (non-hydrogen) atoms. The van der Waals surface area contributed by atoms with Gasteiger partial charge in [-0.2, -0.15) is 5.10 Å². The Labute approximate surface area is 102 Å². The minimum atomic E-state index is 0.528. The molecule has 2 rings (SSSR count). The van der Waals surface area contributed by atoms with Gasteiger partial charge in [-0.15, -0.1) is 0 Å². The topological polar surface area (TPSA) is 29.9 Å². The van der Waals surface area contributed by atoms with Gasteiger partial charge in [-0.1, -0.05) is 24.4 Å². The third-order valence-corrected chi connectivity index (χ3v) is 3.92. The summed E-state index contributed by atoms with van der Waals surface area (Å²) in [5, 5.41) is 8.57. The molecule has 1 atom stereocenters. The number of halogens is 1. The van der Waals surface area contributed by atoms with Crippen molar-refractivity contribution < 1.29 is 0 Å². The highest BCUT2D eigenvalue weighted by molar-refractivity contribution is 6.31. The van der Waals surface area contributed by atoms with Crippen LogP contribution in [0.1, 0.15) is 30.7 Å². The lowest BCUT2D eigenvalue weighted by atomic mass is 10.0. The van der Waals surface area contributed by atoms with Crippen molar-refractivity contribution in [3.8, 4) is 0 Å². The van der Waals surface area contributed by atoms with Crippen LogP contribution in [0.5, 0.6) is 0 Å². The standard InChI is InChI=1S/C12H20ClN3/c1-8-12(13)11(16(3)15-8)7-10(14-2)6-9-4-5-9/h9-10,14H,4-7H2,1-3H3. The van der Waals surface area contributed by atoms with Crippen molar-refractivity contribution in [3.63, 3.8) is 0 Å². The average molecular weight is 242 g/mol. The molecule has 0 amide bonds. The van der Waals surface area contributed by atoms with Crippen molar-refractivity contribution in [1.29, 1.82) is 0 Å². The van der Waals surface area contributed by atoms with Crippen LogP contribution in [-0.4, -0.2) is 22.9 Å². The lowest BCUT2D eigenvalue weighted by Crippen LogP contribution is -2.29. The Morgan fingerprint density at radius 1 is 1.56 bits per heavy atom. The van der Waals surface area contributed by atoms with Crippen molar-refractivity contribution in [2.24, 2.45) is 13.0 Å². The Kier molecular flexibility index (Phi) is 3.55. The van der Waals surface area contributed by atoms with Gasteiger partial charge in [-0.3, -0.25) is 4.68 Å². The maximum absolute atomic E-state index is 6.26. The number of hydrogen-bond acceptors (Lipinski definition) is 2. The third-order valence-electron chi connectivity index (χ3n) is 3.42. The van der Waals surface area contributed by atoms with Crippen LogP contribution >= 0.6 is 11.6 Å². The summed E-state index contributed by atoms with van der Waals surface area (Å²) in [6, 6.07) is 0.528. The van der Waals surface area contributed by atoms with E-state index in [-0.39, 0.29) is 0 Å². The molecule has 0 saturated heterocycles. The molecular weight excluding hydrogens is 222 g/mol. The van der Waals surface area contributed by atoms with Gasteiger partial charge in [0.1, 0.15) is 0 Å². The maximum atomic E-state index is 6.26. The fraction of sp³-hybridized carbons (Fsp3) is 0.750. The number of nitrogens with one attached hydrogen (secondary N) is 1. The van der Waals surface area contributed by atoms with Crippen LogP contribution in [0.15, 0.2) is 0 Å². The van der Waals surface area contributed by atoms with Crippen LogP contribution in [0.25, 0.3) is 0 Å². The van der Waals surface area contributed by atoms with Crippen molar-refractivity contribution in [3.05, 3.63) is 16.4 Å². The summed E-state index contributed by atoms with van der Waals surface area (Å²) >= 11 is 6.26. The Bertz CT molecular complexity index is 369. The number of aryl methyl sites for hydroxylation is 2. The van der Waals surface area contributed by atoms with E-state index in [4.69, 9.17) is 11.6 Å². The van der Waals surface area contributed by atoms with Crippen molar-refractivity contribution in [2.75, 3.05) is 7.05 Å². The number of likely N-dealkylation sites (N-methyl/N-ethyl adjacent to an activating group) is 1. The minimum absolute atomic E-state index is 0.528. The Morgan fingerprint density at radius 3 is 2.69 bits per heavy atom. The average Bonchev–Trinajstić information content (AvgIpc) is 3.02. The van der Waals surface area contributed by atoms with Gasteiger partial charge in [-0.25, -0.2) is 0 Å². The first kappa shape index (κ1) is 11.9. The molecule has 1 N–H and O–H groups in total. The summed E-state index contributed by atoms with van der Waals surface area (Å²) in [6.07, 6.45) is 5.03. The van der Waals surface area contributed by atoms with Gasteiger partial charge in [0, 0.05) is 19.5 Å². The molecule has 1 unspecified atom stereocenters. The molecule has 1 heterocycles. The van der Waals surface area contributed by atoms with E-state index >= 15 is 0 Å². The molecular formula is C12H20ClN3. The zero-order valence-electron chi connectivity index (χ0n) is 10.3. The molecule has 3 nitrogen and oxygen atoms in total. The van der Waals surface area contributed by atoms with E-state index in [1.807, 2.05) is 25.7 Å². The van der Waals surface area contributed by atoms with Gasteiger partial charge in [0.05, 0.1) is 16.4 Å². The van der Waals surface area contributed by atoms with E-state index in [0.717, 1.165) is 28.7 Å². The molecule has 1 fully saturated rings. The Balaban J connectivity index is 2.05. The lowest BCUT2D eigenvalue weighted by Gasteiger charge is -2.16. The monoisotopic (exact) mass is 241 g/mol. The molecule has 1 aliphatic carbocycles. The first-order valence-corrected chi connectivity index (χ1v) is 6.34. The normalized spacial score (nSPS) is 17.8. The zero-order valence-corrected chi connectivity index (χ0v) is 11.0. The van der Waals surface area contributed by atoms with Crippen molar-refractivity contribution in [1.82, 2.24) is 15.1 Å². The van der Waals surface area contributed by atoms with Gasteiger partial charge >= 0.3 is 0 Å². The molecule has 0 spiro atoms. The van der Waals surface area contributed by atoms with Crippen LogP contribution in [0.3, 0.4) is 0 Å². The Hall–Kier alpha value is -0.540. The predicted octanol–water partition coefficient (Wildman–Crippen LogP) is 2.31. The first-order chi connectivity index (χ1) is 7.61. The first-order valence-electron chi connectivity index (χ1n) is 5.97. The van der Waals surface area contributed by atoms with Gasteiger partial charge in [0.15, 0.2) is 0 Å². The molecule has 0 aromatic carbocycles. The molecule has 1 saturated carbocycles. The number of aromatic nitrogens is 2. The van der Waals surface area contributed by atoms with Crippen LogP contribution < -0.4 is 5.32 Å². The molecule has 0 bridgehead atoms. The molecule has 0 radical (unpaired) electrons. The molecule has 90 valence electrons. The van der Waals surface area contributed by atoms with Crippen molar-refractivity contribution in [2.45, 2.75) is 38.6 Å². The SMILES string of the molecule is CNC(Cc1c(Cl)c(C)nn1C)CC1CC1. The quantitative estimate of drug-likeness (QED) is 0.858. The molecule has 0 aliphatic heterocycles. The number of rotatable bonds is 5. The zero-order chi connectivity index (χ0) is 11.7. The summed E-state index contributed by atoms with van der Waals surface area (Å²) in [5.74, 6) is 0.936. The summed E-state index contributed by atoms with van der Waals surface area (Å²) < 4.78 is 1.91.